The van der Waals surface area contributed by atoms with E-state index in [1.54, 1.807) is 0 Å². The number of likely N-dealkylation sites (N-methyl/N-ethyl adjacent to an activating group) is 1. The number of likely N-dealkylation sites (tertiary alicyclic amines) is 1. The third-order valence-corrected chi connectivity index (χ3v) is 9.62. The lowest BCUT2D eigenvalue weighted by atomic mass is 9.96. The van der Waals surface area contributed by atoms with E-state index in [9.17, 15) is 28.4 Å². The van der Waals surface area contributed by atoms with Crippen LogP contribution in [0, 0.1) is 34.9 Å². The van der Waals surface area contributed by atoms with Crippen molar-refractivity contribution in [2.75, 3.05) is 32.1 Å². The predicted molar refractivity (Wildman–Crippen MR) is 152 cm³/mol. The van der Waals surface area contributed by atoms with Gasteiger partial charge in [0.25, 0.3) is 5.91 Å². The Morgan fingerprint density at radius 3 is 2.60 bits per heavy atom. The molecule has 0 radical (unpaired) electrons. The molecule has 1 aromatic carbocycles. The van der Waals surface area contributed by atoms with Gasteiger partial charge in [-0.15, -0.1) is 0 Å². The molecule has 0 bridgehead atoms. The summed E-state index contributed by atoms with van der Waals surface area (Å²) in [6.45, 7) is 8.89. The van der Waals surface area contributed by atoms with Crippen LogP contribution in [0.15, 0.2) is 18.2 Å². The molecule has 0 spiro atoms. The first-order chi connectivity index (χ1) is 20.2. The Labute approximate surface area is 249 Å². The van der Waals surface area contributed by atoms with Crippen LogP contribution < -0.4 is 21.1 Å². The van der Waals surface area contributed by atoms with Crippen molar-refractivity contribution >= 4 is 35.2 Å². The molecule has 7 atom stereocenters. The van der Waals surface area contributed by atoms with Crippen molar-refractivity contribution in [1.29, 1.82) is 0 Å². The zero-order valence-corrected chi connectivity index (χ0v) is 25.1. The molecule has 12 nitrogen and oxygen atoms in total. The highest BCUT2D eigenvalue weighted by molar-refractivity contribution is 5.99. The van der Waals surface area contributed by atoms with Crippen molar-refractivity contribution in [1.82, 2.24) is 15.1 Å². The van der Waals surface area contributed by atoms with Gasteiger partial charge in [0.15, 0.2) is 6.10 Å². The highest BCUT2D eigenvalue weighted by Crippen LogP contribution is 2.65. The van der Waals surface area contributed by atoms with E-state index in [2.05, 4.69) is 10.6 Å². The smallest absolute Gasteiger partial charge is 0.265 e. The van der Waals surface area contributed by atoms with Crippen LogP contribution >= 0.6 is 0 Å². The van der Waals surface area contributed by atoms with Crippen LogP contribution in [0.3, 0.4) is 0 Å². The van der Waals surface area contributed by atoms with Gasteiger partial charge in [-0.3, -0.25) is 24.0 Å². The van der Waals surface area contributed by atoms with E-state index in [4.69, 9.17) is 15.2 Å². The Morgan fingerprint density at radius 1 is 1.26 bits per heavy atom. The van der Waals surface area contributed by atoms with Crippen LogP contribution in [0.5, 0.6) is 5.75 Å². The minimum absolute atomic E-state index is 0.0712. The molecule has 3 fully saturated rings. The molecule has 43 heavy (non-hydrogen) atoms. The summed E-state index contributed by atoms with van der Waals surface area (Å²) in [6, 6.07) is 0.724. The fourth-order valence-corrected chi connectivity index (χ4v) is 6.81. The van der Waals surface area contributed by atoms with Crippen molar-refractivity contribution in [2.24, 2.45) is 34.8 Å². The fourth-order valence-electron chi connectivity index (χ4n) is 6.81. The monoisotopic (exact) mass is 601 g/mol. The van der Waals surface area contributed by atoms with E-state index in [-0.39, 0.29) is 58.8 Å². The van der Waals surface area contributed by atoms with Crippen molar-refractivity contribution in [3.8, 4) is 5.75 Å². The second-order valence-corrected chi connectivity index (χ2v) is 13.0. The van der Waals surface area contributed by atoms with Gasteiger partial charge in [0.1, 0.15) is 29.7 Å². The van der Waals surface area contributed by atoms with E-state index in [0.717, 1.165) is 6.07 Å². The molecule has 1 aliphatic carbocycles. The molecule has 3 unspecified atom stereocenters. The number of fused-ring (bicyclic) bond motifs is 2. The number of anilines is 1. The third-order valence-electron chi connectivity index (χ3n) is 9.62. The van der Waals surface area contributed by atoms with Gasteiger partial charge in [-0.1, -0.05) is 27.7 Å². The number of carbonyl (C=O) groups excluding carboxylic acids is 5. The Hall–Kier alpha value is -3.74. The number of hydrogen-bond acceptors (Lipinski definition) is 7. The Kier molecular flexibility index (Phi) is 8.14. The predicted octanol–water partition coefficient (Wildman–Crippen LogP) is 0.888. The molecular weight excluding hydrogens is 561 g/mol. The van der Waals surface area contributed by atoms with Gasteiger partial charge in [-0.2, -0.15) is 0 Å². The van der Waals surface area contributed by atoms with Gasteiger partial charge in [-0.25, -0.2) is 4.39 Å². The lowest BCUT2D eigenvalue weighted by Crippen LogP contribution is -2.60. The number of nitrogens with two attached hydrogens (primary N) is 1. The summed E-state index contributed by atoms with van der Waals surface area (Å²) in [4.78, 5) is 69.2. The average Bonchev–Trinajstić information content (AvgIpc) is 3.40. The number of amides is 5. The maximum atomic E-state index is 14.2. The lowest BCUT2D eigenvalue weighted by Gasteiger charge is -2.38. The van der Waals surface area contributed by atoms with Crippen LogP contribution in [0.25, 0.3) is 0 Å². The summed E-state index contributed by atoms with van der Waals surface area (Å²) in [7, 11) is 1.43. The van der Waals surface area contributed by atoms with Gasteiger partial charge in [0, 0.05) is 32.7 Å². The highest BCUT2D eigenvalue weighted by Gasteiger charge is 2.70. The van der Waals surface area contributed by atoms with Gasteiger partial charge >= 0.3 is 0 Å². The number of rotatable bonds is 9. The maximum absolute atomic E-state index is 14.2. The molecule has 4 aliphatic rings. The zero-order valence-electron chi connectivity index (χ0n) is 25.1. The normalized spacial score (nSPS) is 28.2. The number of nitrogens with zero attached hydrogens (tertiary/aromatic N) is 2. The van der Waals surface area contributed by atoms with Crippen LogP contribution in [0.2, 0.25) is 0 Å². The molecule has 5 amide bonds. The molecule has 5 rings (SSSR count). The number of benzene rings is 1. The van der Waals surface area contributed by atoms with E-state index < -0.39 is 47.8 Å². The van der Waals surface area contributed by atoms with Crippen LogP contribution in [0.4, 0.5) is 10.1 Å². The number of carbonyl (C=O) groups is 5. The number of nitrogens with one attached hydrogen (secondary N) is 2. The molecule has 0 aromatic heterocycles. The summed E-state index contributed by atoms with van der Waals surface area (Å²) in [5, 5.41) is 5.46. The molecule has 4 N–H and O–H groups in total. The highest BCUT2D eigenvalue weighted by atomic mass is 19.1. The molecular formula is C30H40FN5O7. The Morgan fingerprint density at radius 2 is 1.98 bits per heavy atom. The number of ether oxygens (including phenoxy) is 2. The number of primary amides is 1. The molecule has 1 saturated carbocycles. The first-order valence-electron chi connectivity index (χ1n) is 14.7. The largest absolute Gasteiger partial charge is 0.478 e. The molecule has 3 aliphatic heterocycles. The second-order valence-electron chi connectivity index (χ2n) is 13.0. The first-order valence-corrected chi connectivity index (χ1v) is 14.7. The van der Waals surface area contributed by atoms with E-state index >= 15 is 0 Å². The van der Waals surface area contributed by atoms with Gasteiger partial charge < -0.3 is 35.6 Å². The quantitative estimate of drug-likeness (QED) is 0.379. The zero-order chi connectivity index (χ0) is 31.4. The average molecular weight is 602 g/mol. The minimum atomic E-state index is -1.23. The standard InChI is InChI=1S/C30H40FN5O7/c1-14(2)23(34-26(38)15-8-9-42-13-15)28(40)36-12-17-22(30(17,3)4)24(36)29(41)35(5)19(25(32)37)11-21-27(39)33-18-10-16(31)6-7-20(18)43-21/h6-7,10,14-15,17,19,21-24H,8-9,11-13H2,1-5H3,(H2,32,37)(H,33,39)(H,34,38)/t15-,17?,19+,21+,22?,23+,24?/m1/s1. The van der Waals surface area contributed by atoms with Crippen molar-refractivity contribution < 1.29 is 37.8 Å². The van der Waals surface area contributed by atoms with Crippen LogP contribution in [-0.4, -0.2) is 90.4 Å². The van der Waals surface area contributed by atoms with Crippen molar-refractivity contribution in [2.45, 2.75) is 64.8 Å². The first kappa shape index (κ1) is 30.7. The molecule has 234 valence electrons. The summed E-state index contributed by atoms with van der Waals surface area (Å²) in [6.07, 6.45) is -0.831. The topological polar surface area (TPSA) is 160 Å². The second kappa shape index (κ2) is 11.4. The number of hydrogen-bond donors (Lipinski definition) is 3. The van der Waals surface area contributed by atoms with E-state index in [0.29, 0.717) is 26.2 Å². The lowest BCUT2D eigenvalue weighted by molar-refractivity contribution is -0.151. The third kappa shape index (κ3) is 5.66. The summed E-state index contributed by atoms with van der Waals surface area (Å²) >= 11 is 0. The van der Waals surface area contributed by atoms with Gasteiger partial charge in [-0.05, 0) is 41.7 Å². The molecule has 1 aromatic rings. The van der Waals surface area contributed by atoms with E-state index in [1.807, 2.05) is 27.7 Å². The summed E-state index contributed by atoms with van der Waals surface area (Å²) in [5.74, 6) is -3.50. The maximum Gasteiger partial charge on any atom is 0.265 e. The van der Waals surface area contributed by atoms with E-state index in [1.165, 1.54) is 29.0 Å². The van der Waals surface area contributed by atoms with Crippen LogP contribution in [-0.2, 0) is 28.7 Å². The fraction of sp³-hybridized carbons (Fsp3) is 0.633. The van der Waals surface area contributed by atoms with Crippen LogP contribution in [0.1, 0.15) is 40.5 Å². The summed E-state index contributed by atoms with van der Waals surface area (Å²) < 4.78 is 24.7. The Balaban J connectivity index is 1.34. The molecule has 3 heterocycles. The van der Waals surface area contributed by atoms with Gasteiger partial charge in [0.2, 0.25) is 23.6 Å². The van der Waals surface area contributed by atoms with Crippen molar-refractivity contribution in [3.05, 3.63) is 24.0 Å². The minimum Gasteiger partial charge on any atom is -0.478 e. The molecule has 13 heteroatoms. The Bertz CT molecular complexity index is 1330. The number of piperidine rings is 1. The van der Waals surface area contributed by atoms with Crippen molar-refractivity contribution in [3.63, 3.8) is 0 Å². The van der Waals surface area contributed by atoms with Gasteiger partial charge in [0.05, 0.1) is 18.2 Å². The number of halogens is 1. The summed E-state index contributed by atoms with van der Waals surface area (Å²) in [5.41, 5.74) is 5.70. The SMILES string of the molecule is CC(C)[C@H](NC(=O)[C@@H]1CCOC1)C(=O)N1CC2C(C1C(=O)N(C)[C@@H](C[C@@H]1Oc3ccc(F)cc3NC1=O)C(N)=O)C2(C)C. The molecule has 2 saturated heterocycles.